The molecular weight excluding hydrogens is 1020 g/mol. The van der Waals surface area contributed by atoms with Crippen molar-refractivity contribution in [3.63, 3.8) is 0 Å². The number of ether oxygens (including phenoxy) is 3. The van der Waals surface area contributed by atoms with Gasteiger partial charge in [0.05, 0.1) is 38.1 Å². The fraction of sp³-hybridized carbons (Fsp3) is 0.397. The minimum Gasteiger partial charge on any atom is -0.493 e. The molecule has 3 amide bonds. The number of anilines is 4. The van der Waals surface area contributed by atoms with Crippen LogP contribution >= 0.6 is 21.6 Å². The van der Waals surface area contributed by atoms with Crippen LogP contribution in [0, 0.1) is 6.92 Å². The number of methoxy groups -OCH3 is 1. The molecule has 1 unspecified atom stereocenters. The molecule has 400 valence electrons. The van der Waals surface area contributed by atoms with E-state index in [1.165, 1.54) is 38.9 Å². The zero-order valence-electron chi connectivity index (χ0n) is 44.1. The van der Waals surface area contributed by atoms with Gasteiger partial charge in [-0.2, -0.15) is 8.42 Å². The van der Waals surface area contributed by atoms with Crippen LogP contribution in [0.1, 0.15) is 101 Å². The Kier molecular flexibility index (Phi) is 16.5. The zero-order valence-corrected chi connectivity index (χ0v) is 46.5. The fourth-order valence-corrected chi connectivity index (χ4v) is 14.5. The van der Waals surface area contributed by atoms with Gasteiger partial charge in [-0.3, -0.25) is 28.4 Å². The molecule has 0 saturated carbocycles. The lowest BCUT2D eigenvalue weighted by atomic mass is 9.99. The van der Waals surface area contributed by atoms with E-state index in [1.54, 1.807) is 20.1 Å². The molecule has 0 radical (unpaired) electrons. The first-order valence-electron chi connectivity index (χ1n) is 25.6. The first kappa shape index (κ1) is 54.4. The highest BCUT2D eigenvalue weighted by molar-refractivity contribution is 8.77. The molecule has 3 atom stereocenters. The quantitative estimate of drug-likeness (QED) is 0.0319. The van der Waals surface area contributed by atoms with E-state index in [9.17, 15) is 27.6 Å². The average Bonchev–Trinajstić information content (AvgIpc) is 4.01. The molecule has 18 heteroatoms. The van der Waals surface area contributed by atoms with Crippen LogP contribution in [0.15, 0.2) is 96.0 Å². The van der Waals surface area contributed by atoms with Crippen LogP contribution in [0.5, 0.6) is 17.2 Å². The summed E-state index contributed by atoms with van der Waals surface area (Å²) in [5.41, 5.74) is 10.1. The third kappa shape index (κ3) is 11.8. The molecule has 4 aliphatic heterocycles. The predicted octanol–water partition coefficient (Wildman–Crippen LogP) is 9.97. The van der Waals surface area contributed by atoms with Crippen molar-refractivity contribution in [3.05, 3.63) is 136 Å². The SMILES string of the molecule is CC=NCC(=O)C(CCSSC(C)(C)CCC(=O)Nc1cc(COc2cc3c(cc2C)C(=O)N2c4ccccc4C[C@H]2CN3C)cc(COc2cc3c(cc2OC)C(=O)N2c4ccccc4C[C@H]2CC3)c1)S(=O)(=O)OC. The number of hydrogen-bond donors (Lipinski definition) is 1. The molecule has 0 bridgehead atoms. The molecule has 0 aromatic heterocycles. The standard InChI is InChI=1S/C58H65N5O10S3/c1-8-59-32-50(64)54(76(68,69)71-7)20-22-74-75-58(3,4)21-19-55(65)60-42-25-37(34-72-51-31-49-46(23-36(51)2)57(67)63-44(33-61(49)5)28-41-14-10-12-16-48(41)63)24-38(26-42)35-73-53-29-39-17-18-43-27-40-13-9-11-15-47(40)62(43)56(66)45(39)30-52(53)70-6/h8-16,23-26,29-31,43-44,54H,17-22,27-28,32-35H2,1-7H3,(H,60,65)/t43-,44+,54?/m1/s1. The topological polar surface area (TPSA) is 173 Å². The third-order valence-electron chi connectivity index (χ3n) is 14.6. The Morgan fingerprint density at radius 3 is 2.13 bits per heavy atom. The number of benzene rings is 5. The number of fused-ring (bicyclic) bond motifs is 8. The monoisotopic (exact) mass is 1090 g/mol. The number of Topliss-reactive ketones (excluding diaryl/α,β-unsaturated/α-hetero) is 1. The number of carbonyl (C=O) groups is 4. The number of nitrogens with zero attached hydrogens (tertiary/aromatic N) is 4. The van der Waals surface area contributed by atoms with Gasteiger partial charge in [-0.1, -0.05) is 58.0 Å². The fourth-order valence-electron chi connectivity index (χ4n) is 10.7. The molecule has 9 rings (SSSR count). The van der Waals surface area contributed by atoms with Crippen LogP contribution in [-0.2, 0) is 56.4 Å². The highest BCUT2D eigenvalue weighted by Crippen LogP contribution is 2.43. The van der Waals surface area contributed by atoms with Crippen molar-refractivity contribution in [1.82, 2.24) is 0 Å². The van der Waals surface area contributed by atoms with Gasteiger partial charge in [0.15, 0.2) is 17.3 Å². The van der Waals surface area contributed by atoms with Crippen molar-refractivity contribution in [3.8, 4) is 17.2 Å². The van der Waals surface area contributed by atoms with Crippen molar-refractivity contribution in [2.75, 3.05) is 60.1 Å². The van der Waals surface area contributed by atoms with Crippen molar-refractivity contribution < 1.29 is 46.0 Å². The zero-order chi connectivity index (χ0) is 53.9. The smallest absolute Gasteiger partial charge is 0.277 e. The van der Waals surface area contributed by atoms with Crippen LogP contribution in [0.3, 0.4) is 0 Å². The summed E-state index contributed by atoms with van der Waals surface area (Å²) in [7, 11) is 3.51. The summed E-state index contributed by atoms with van der Waals surface area (Å²) < 4.78 is 48.4. The molecule has 0 fully saturated rings. The van der Waals surface area contributed by atoms with Gasteiger partial charge in [-0.05, 0) is 154 Å². The van der Waals surface area contributed by atoms with Gasteiger partial charge >= 0.3 is 0 Å². The number of ketones is 1. The Balaban J connectivity index is 0.914. The number of likely N-dealkylation sites (N-methyl/N-ethyl adjacent to an activating group) is 1. The maximum Gasteiger partial charge on any atom is 0.277 e. The predicted molar refractivity (Wildman–Crippen MR) is 303 cm³/mol. The summed E-state index contributed by atoms with van der Waals surface area (Å²) in [5.74, 6) is 1.13. The van der Waals surface area contributed by atoms with E-state index >= 15 is 0 Å². The molecule has 5 aromatic carbocycles. The Hall–Kier alpha value is -6.34. The van der Waals surface area contributed by atoms with Crippen molar-refractivity contribution in [2.24, 2.45) is 4.99 Å². The van der Waals surface area contributed by atoms with E-state index in [0.717, 1.165) is 65.7 Å². The lowest BCUT2D eigenvalue weighted by molar-refractivity contribution is -0.117. The molecule has 0 saturated heterocycles. The number of aryl methyl sites for hydroxylation is 2. The summed E-state index contributed by atoms with van der Waals surface area (Å²) in [6.45, 7) is 8.32. The number of amides is 3. The minimum absolute atomic E-state index is 0.00947. The molecule has 4 heterocycles. The maximum atomic E-state index is 14.2. The largest absolute Gasteiger partial charge is 0.493 e. The second-order valence-electron chi connectivity index (χ2n) is 20.4. The number of para-hydroxylation sites is 2. The number of hydrogen-bond acceptors (Lipinski definition) is 14. The highest BCUT2D eigenvalue weighted by Gasteiger charge is 2.40. The lowest BCUT2D eigenvalue weighted by Crippen LogP contribution is -2.41. The molecule has 0 spiro atoms. The van der Waals surface area contributed by atoms with E-state index in [2.05, 4.69) is 27.3 Å². The Morgan fingerprint density at radius 2 is 1.46 bits per heavy atom. The van der Waals surface area contributed by atoms with Crippen LogP contribution < -0.4 is 34.2 Å². The van der Waals surface area contributed by atoms with Gasteiger partial charge in [-0.15, -0.1) is 0 Å². The van der Waals surface area contributed by atoms with Crippen LogP contribution in [0.2, 0.25) is 0 Å². The van der Waals surface area contributed by atoms with Gasteiger partial charge in [0.25, 0.3) is 21.9 Å². The molecular formula is C58H65N5O10S3. The first-order chi connectivity index (χ1) is 36.5. The summed E-state index contributed by atoms with van der Waals surface area (Å²) in [6, 6.07) is 29.6. The molecule has 4 aliphatic rings. The molecule has 15 nitrogen and oxygen atoms in total. The minimum atomic E-state index is -4.09. The van der Waals surface area contributed by atoms with E-state index in [4.69, 9.17) is 18.4 Å². The molecule has 5 aromatic rings. The summed E-state index contributed by atoms with van der Waals surface area (Å²) in [5, 5.41) is 1.80. The molecule has 76 heavy (non-hydrogen) atoms. The maximum absolute atomic E-state index is 14.2. The van der Waals surface area contributed by atoms with E-state index in [-0.39, 0.29) is 67.2 Å². The average molecular weight is 1090 g/mol. The van der Waals surface area contributed by atoms with E-state index in [0.29, 0.717) is 59.2 Å². The number of nitrogens with one attached hydrogen (secondary N) is 1. The Morgan fingerprint density at radius 1 is 0.816 bits per heavy atom. The van der Waals surface area contributed by atoms with E-state index in [1.807, 2.05) is 110 Å². The second-order valence-corrected chi connectivity index (χ2v) is 25.4. The summed E-state index contributed by atoms with van der Waals surface area (Å²) in [4.78, 5) is 64.8. The highest BCUT2D eigenvalue weighted by atomic mass is 33.1. The van der Waals surface area contributed by atoms with Gasteiger partial charge in [0, 0.05) is 65.2 Å². The molecule has 1 N–H and O–H groups in total. The summed E-state index contributed by atoms with van der Waals surface area (Å²) >= 11 is 0. The Bertz CT molecular complexity index is 3200. The summed E-state index contributed by atoms with van der Waals surface area (Å²) in [6.07, 6.45) is 5.34. The molecule has 0 aliphatic carbocycles. The van der Waals surface area contributed by atoms with Gasteiger partial charge in [-0.25, -0.2) is 0 Å². The van der Waals surface area contributed by atoms with Crippen molar-refractivity contribution >= 4 is 84.2 Å². The van der Waals surface area contributed by atoms with E-state index < -0.39 is 21.2 Å². The second kappa shape index (κ2) is 23.1. The van der Waals surface area contributed by atoms with Crippen molar-refractivity contribution in [1.29, 1.82) is 0 Å². The van der Waals surface area contributed by atoms with Crippen LogP contribution in [-0.4, -0.2) is 100 Å². The number of aliphatic imine (C=N–C) groups is 1. The van der Waals surface area contributed by atoms with Crippen LogP contribution in [0.25, 0.3) is 0 Å². The van der Waals surface area contributed by atoms with Gasteiger partial charge < -0.3 is 34.2 Å². The van der Waals surface area contributed by atoms with Crippen molar-refractivity contribution in [2.45, 2.75) is 108 Å². The first-order valence-corrected chi connectivity index (χ1v) is 29.4. The number of carbonyl (C=O) groups excluding carboxylic acids is 4. The van der Waals surface area contributed by atoms with Gasteiger partial charge in [0.2, 0.25) is 5.91 Å². The number of rotatable bonds is 21. The normalized spacial score (nSPS) is 17.2. The lowest BCUT2D eigenvalue weighted by Gasteiger charge is -2.25. The van der Waals surface area contributed by atoms with Gasteiger partial charge in [0.1, 0.15) is 24.2 Å². The van der Waals surface area contributed by atoms with Crippen LogP contribution in [0.4, 0.5) is 22.7 Å². The third-order valence-corrected chi connectivity index (χ3v) is 19.6. The Labute approximate surface area is 453 Å².